The van der Waals surface area contributed by atoms with Gasteiger partial charge in [-0.2, -0.15) is 0 Å². The molecule has 4 nitrogen and oxygen atoms in total. The Morgan fingerprint density at radius 2 is 2.27 bits per heavy atom. The van der Waals surface area contributed by atoms with Gasteiger partial charge in [-0.25, -0.2) is 0 Å². The van der Waals surface area contributed by atoms with Gasteiger partial charge in [0.15, 0.2) is 0 Å². The van der Waals surface area contributed by atoms with Gasteiger partial charge in [-0.1, -0.05) is 0 Å². The quantitative estimate of drug-likeness (QED) is 0.716. The van der Waals surface area contributed by atoms with E-state index in [2.05, 4.69) is 5.32 Å². The standard InChI is InChI=1S/C11H19NO3/c13-10(8-9-4-3-6-12-9)15-11-5-1-2-7-14-11/h9,11-12H,1-8H2. The predicted molar refractivity (Wildman–Crippen MR) is 55.3 cm³/mol. The fourth-order valence-corrected chi connectivity index (χ4v) is 2.13. The summed E-state index contributed by atoms with van der Waals surface area (Å²) in [6.45, 7) is 1.75. The number of hydrogen-bond acceptors (Lipinski definition) is 4. The summed E-state index contributed by atoms with van der Waals surface area (Å²) in [4.78, 5) is 11.5. The molecule has 2 fully saturated rings. The lowest BCUT2D eigenvalue weighted by molar-refractivity contribution is -0.187. The summed E-state index contributed by atoms with van der Waals surface area (Å²) in [7, 11) is 0. The molecule has 2 aliphatic heterocycles. The monoisotopic (exact) mass is 213 g/mol. The normalized spacial score (nSPS) is 31.5. The molecule has 2 heterocycles. The maximum Gasteiger partial charge on any atom is 0.309 e. The molecule has 1 N–H and O–H groups in total. The molecule has 15 heavy (non-hydrogen) atoms. The Hall–Kier alpha value is -0.610. The van der Waals surface area contributed by atoms with Crippen LogP contribution in [0.2, 0.25) is 0 Å². The Kier molecular flexibility index (Phi) is 3.97. The lowest BCUT2D eigenvalue weighted by Gasteiger charge is -2.23. The van der Waals surface area contributed by atoms with Gasteiger partial charge in [0.1, 0.15) is 0 Å². The van der Waals surface area contributed by atoms with Crippen molar-refractivity contribution in [3.63, 3.8) is 0 Å². The maximum atomic E-state index is 11.5. The molecular formula is C11H19NO3. The summed E-state index contributed by atoms with van der Waals surface area (Å²) in [5.74, 6) is -0.124. The summed E-state index contributed by atoms with van der Waals surface area (Å²) in [6.07, 6.45) is 5.48. The molecule has 0 saturated carbocycles. The maximum absolute atomic E-state index is 11.5. The van der Waals surface area contributed by atoms with E-state index in [1.807, 2.05) is 0 Å². The van der Waals surface area contributed by atoms with E-state index >= 15 is 0 Å². The molecule has 0 aliphatic carbocycles. The van der Waals surface area contributed by atoms with Crippen LogP contribution >= 0.6 is 0 Å². The van der Waals surface area contributed by atoms with Gasteiger partial charge in [0.2, 0.25) is 6.29 Å². The Morgan fingerprint density at radius 1 is 1.33 bits per heavy atom. The van der Waals surface area contributed by atoms with Crippen LogP contribution in [0.3, 0.4) is 0 Å². The van der Waals surface area contributed by atoms with Crippen LogP contribution in [0.1, 0.15) is 38.5 Å². The minimum atomic E-state index is -0.285. The SMILES string of the molecule is O=C(CC1CCCN1)OC1CCCCO1. The van der Waals surface area contributed by atoms with E-state index < -0.39 is 0 Å². The number of nitrogens with one attached hydrogen (secondary N) is 1. The topological polar surface area (TPSA) is 47.6 Å². The average molecular weight is 213 g/mol. The molecular weight excluding hydrogens is 194 g/mol. The highest BCUT2D eigenvalue weighted by Crippen LogP contribution is 2.16. The molecule has 0 aromatic carbocycles. The fourth-order valence-electron chi connectivity index (χ4n) is 2.13. The fraction of sp³-hybridized carbons (Fsp3) is 0.909. The highest BCUT2D eigenvalue weighted by molar-refractivity contribution is 5.70. The van der Waals surface area contributed by atoms with E-state index in [9.17, 15) is 4.79 Å². The predicted octanol–water partition coefficient (Wildman–Crippen LogP) is 1.20. The first-order chi connectivity index (χ1) is 7.34. The second-order valence-corrected chi connectivity index (χ2v) is 4.28. The minimum Gasteiger partial charge on any atom is -0.436 e. The molecule has 2 atom stereocenters. The Morgan fingerprint density at radius 3 is 2.93 bits per heavy atom. The van der Waals surface area contributed by atoms with Crippen molar-refractivity contribution in [2.24, 2.45) is 0 Å². The molecule has 4 heteroatoms. The molecule has 0 bridgehead atoms. The van der Waals surface area contributed by atoms with Crippen LogP contribution in [0.25, 0.3) is 0 Å². The van der Waals surface area contributed by atoms with Crippen molar-refractivity contribution in [3.8, 4) is 0 Å². The zero-order valence-corrected chi connectivity index (χ0v) is 9.04. The van der Waals surface area contributed by atoms with Crippen LogP contribution in [0.15, 0.2) is 0 Å². The molecule has 2 saturated heterocycles. The second kappa shape index (κ2) is 5.47. The van der Waals surface area contributed by atoms with E-state index in [4.69, 9.17) is 9.47 Å². The number of ether oxygens (including phenoxy) is 2. The van der Waals surface area contributed by atoms with Crippen LogP contribution < -0.4 is 5.32 Å². The molecule has 2 aliphatic rings. The number of carbonyl (C=O) groups excluding carboxylic acids is 1. The van der Waals surface area contributed by atoms with Crippen molar-refractivity contribution < 1.29 is 14.3 Å². The molecule has 2 rings (SSSR count). The van der Waals surface area contributed by atoms with E-state index in [1.54, 1.807) is 0 Å². The Balaban J connectivity index is 1.66. The highest BCUT2D eigenvalue weighted by atomic mass is 16.7. The second-order valence-electron chi connectivity index (χ2n) is 4.28. The third kappa shape index (κ3) is 3.47. The highest BCUT2D eigenvalue weighted by Gasteiger charge is 2.22. The minimum absolute atomic E-state index is 0.124. The van der Waals surface area contributed by atoms with E-state index in [1.165, 1.54) is 0 Å². The van der Waals surface area contributed by atoms with Crippen molar-refractivity contribution >= 4 is 5.97 Å². The van der Waals surface area contributed by atoms with Gasteiger partial charge in [-0.15, -0.1) is 0 Å². The van der Waals surface area contributed by atoms with Gasteiger partial charge in [0.05, 0.1) is 13.0 Å². The molecule has 2 unspecified atom stereocenters. The first-order valence-corrected chi connectivity index (χ1v) is 5.89. The van der Waals surface area contributed by atoms with E-state index in [0.29, 0.717) is 12.5 Å². The van der Waals surface area contributed by atoms with Gasteiger partial charge in [-0.3, -0.25) is 4.79 Å². The molecule has 0 spiro atoms. The van der Waals surface area contributed by atoms with Crippen molar-refractivity contribution in [1.29, 1.82) is 0 Å². The molecule has 86 valence electrons. The number of carbonyl (C=O) groups is 1. The van der Waals surface area contributed by atoms with Gasteiger partial charge in [-0.05, 0) is 32.2 Å². The third-order valence-electron chi connectivity index (χ3n) is 2.98. The van der Waals surface area contributed by atoms with Crippen molar-refractivity contribution in [3.05, 3.63) is 0 Å². The lowest BCUT2D eigenvalue weighted by Crippen LogP contribution is -2.30. The number of hydrogen-bond donors (Lipinski definition) is 1. The summed E-state index contributed by atoms with van der Waals surface area (Å²) in [5.41, 5.74) is 0. The zero-order valence-electron chi connectivity index (χ0n) is 9.04. The van der Waals surface area contributed by atoms with Gasteiger partial charge in [0, 0.05) is 12.5 Å². The smallest absolute Gasteiger partial charge is 0.309 e. The molecule has 0 radical (unpaired) electrons. The summed E-state index contributed by atoms with van der Waals surface area (Å²) < 4.78 is 10.6. The van der Waals surface area contributed by atoms with Gasteiger partial charge in [0.25, 0.3) is 0 Å². The average Bonchev–Trinajstić information content (AvgIpc) is 2.71. The van der Waals surface area contributed by atoms with Crippen molar-refractivity contribution in [2.45, 2.75) is 50.9 Å². The van der Waals surface area contributed by atoms with Crippen LogP contribution in [0.5, 0.6) is 0 Å². The number of rotatable bonds is 3. The van der Waals surface area contributed by atoms with E-state index in [-0.39, 0.29) is 12.3 Å². The van der Waals surface area contributed by atoms with Crippen LogP contribution in [-0.4, -0.2) is 31.5 Å². The van der Waals surface area contributed by atoms with Crippen LogP contribution in [-0.2, 0) is 14.3 Å². The van der Waals surface area contributed by atoms with Crippen LogP contribution in [0.4, 0.5) is 0 Å². The Labute approximate surface area is 90.3 Å². The van der Waals surface area contributed by atoms with Gasteiger partial charge >= 0.3 is 5.97 Å². The first-order valence-electron chi connectivity index (χ1n) is 5.89. The lowest BCUT2D eigenvalue weighted by atomic mass is 10.1. The zero-order chi connectivity index (χ0) is 10.5. The first kappa shape index (κ1) is 10.9. The largest absolute Gasteiger partial charge is 0.436 e. The van der Waals surface area contributed by atoms with Crippen molar-refractivity contribution in [1.82, 2.24) is 5.32 Å². The summed E-state index contributed by atoms with van der Waals surface area (Å²) >= 11 is 0. The molecule has 0 aromatic heterocycles. The Bertz CT molecular complexity index is 208. The molecule has 0 amide bonds. The molecule has 0 aromatic rings. The van der Waals surface area contributed by atoms with Crippen molar-refractivity contribution in [2.75, 3.05) is 13.2 Å². The third-order valence-corrected chi connectivity index (χ3v) is 2.98. The number of esters is 1. The summed E-state index contributed by atoms with van der Waals surface area (Å²) in [6, 6.07) is 0.320. The van der Waals surface area contributed by atoms with Crippen LogP contribution in [0, 0.1) is 0 Å². The summed E-state index contributed by atoms with van der Waals surface area (Å²) in [5, 5.41) is 3.28. The van der Waals surface area contributed by atoms with E-state index in [0.717, 1.165) is 45.3 Å². The van der Waals surface area contributed by atoms with Gasteiger partial charge < -0.3 is 14.8 Å².